The van der Waals surface area contributed by atoms with E-state index >= 15 is 4.39 Å². The van der Waals surface area contributed by atoms with Crippen LogP contribution in [0.3, 0.4) is 0 Å². The van der Waals surface area contributed by atoms with Crippen LogP contribution in [-0.2, 0) is 7.05 Å². The van der Waals surface area contributed by atoms with Crippen LogP contribution < -0.4 is 9.47 Å². The number of fused-ring (bicyclic) bond motifs is 1. The minimum absolute atomic E-state index is 0.0109. The molecular weight excluding hydrogens is 459 g/mol. The lowest BCUT2D eigenvalue weighted by molar-refractivity contribution is 0.410. The van der Waals surface area contributed by atoms with E-state index in [2.05, 4.69) is 30.8 Å². The number of terminal acetylenes is 1. The van der Waals surface area contributed by atoms with E-state index in [1.807, 2.05) is 18.5 Å². The molecule has 0 atom stereocenters. The number of pyridine rings is 1. The number of hydrogen-bond donors (Lipinski definition) is 0. The lowest BCUT2D eigenvalue weighted by Crippen LogP contribution is -1.99. The molecule has 0 aliphatic rings. The highest BCUT2D eigenvalue weighted by molar-refractivity contribution is 6.05. The van der Waals surface area contributed by atoms with Crippen molar-refractivity contribution in [3.05, 3.63) is 72.0 Å². The second-order valence-corrected chi connectivity index (χ2v) is 8.08. The fraction of sp³-hybridized carbons (Fsp3) is 0.148. The van der Waals surface area contributed by atoms with Crippen molar-refractivity contribution >= 4 is 11.0 Å². The molecule has 8 nitrogen and oxygen atoms in total. The van der Waals surface area contributed by atoms with Crippen molar-refractivity contribution in [2.24, 2.45) is 7.05 Å². The summed E-state index contributed by atoms with van der Waals surface area (Å²) in [6.07, 6.45) is 10.2. The Morgan fingerprint density at radius 1 is 1.03 bits per heavy atom. The highest BCUT2D eigenvalue weighted by atomic mass is 19.1. The van der Waals surface area contributed by atoms with Crippen molar-refractivity contribution in [1.29, 1.82) is 0 Å². The van der Waals surface area contributed by atoms with Gasteiger partial charge in [0.15, 0.2) is 11.6 Å². The summed E-state index contributed by atoms with van der Waals surface area (Å²) in [6, 6.07) is 8.23. The molecule has 0 amide bonds. The van der Waals surface area contributed by atoms with Crippen LogP contribution in [0.4, 0.5) is 4.39 Å². The standard InChI is InChI=1S/C27H21FN6O2/c1-6-18-12-22(35-5)19(13-30-18)25-24(23-16(3)31-14-32-26(23)34(25)4)17-7-8-21(20(28)11-17)36-27-29-10-9-15(2)33-27/h1,7-14H,2-5H3. The minimum Gasteiger partial charge on any atom is -0.496 e. The van der Waals surface area contributed by atoms with Crippen LogP contribution in [0.5, 0.6) is 17.5 Å². The molecule has 0 aliphatic carbocycles. The first-order valence-corrected chi connectivity index (χ1v) is 11.0. The Morgan fingerprint density at radius 3 is 2.58 bits per heavy atom. The molecule has 36 heavy (non-hydrogen) atoms. The van der Waals surface area contributed by atoms with Gasteiger partial charge in [-0.25, -0.2) is 29.3 Å². The van der Waals surface area contributed by atoms with Gasteiger partial charge in [0.1, 0.15) is 23.4 Å². The summed E-state index contributed by atoms with van der Waals surface area (Å²) >= 11 is 0. The Kier molecular flexibility index (Phi) is 5.78. The first kappa shape index (κ1) is 22.9. The smallest absolute Gasteiger partial charge is 0.322 e. The van der Waals surface area contributed by atoms with Crippen molar-refractivity contribution in [3.63, 3.8) is 0 Å². The number of aryl methyl sites for hydroxylation is 3. The summed E-state index contributed by atoms with van der Waals surface area (Å²) < 4.78 is 28.5. The van der Waals surface area contributed by atoms with E-state index in [1.165, 1.54) is 12.4 Å². The SMILES string of the molecule is C#Cc1cc(OC)c(-c2c(-c3ccc(Oc4nccc(C)n4)c(F)c3)c3c(C)ncnc3n2C)cn1. The van der Waals surface area contributed by atoms with Gasteiger partial charge in [-0.1, -0.05) is 12.0 Å². The molecule has 0 bridgehead atoms. The van der Waals surface area contributed by atoms with E-state index in [4.69, 9.17) is 15.9 Å². The molecule has 0 fully saturated rings. The predicted molar refractivity (Wildman–Crippen MR) is 133 cm³/mol. The van der Waals surface area contributed by atoms with Crippen molar-refractivity contribution < 1.29 is 13.9 Å². The molecular formula is C27H21FN6O2. The van der Waals surface area contributed by atoms with Gasteiger partial charge in [-0.15, -0.1) is 6.42 Å². The molecule has 4 heterocycles. The predicted octanol–water partition coefficient (Wildman–Crippen LogP) is 5.03. The first-order chi connectivity index (χ1) is 17.4. The summed E-state index contributed by atoms with van der Waals surface area (Å²) in [5.41, 5.74) is 5.34. The summed E-state index contributed by atoms with van der Waals surface area (Å²) in [6.45, 7) is 3.69. The summed E-state index contributed by atoms with van der Waals surface area (Å²) in [4.78, 5) is 21.5. The van der Waals surface area contributed by atoms with Gasteiger partial charge in [-0.05, 0) is 37.6 Å². The number of aromatic nitrogens is 6. The van der Waals surface area contributed by atoms with E-state index in [0.717, 1.165) is 22.3 Å². The van der Waals surface area contributed by atoms with E-state index in [9.17, 15) is 0 Å². The quantitative estimate of drug-likeness (QED) is 0.326. The average Bonchev–Trinajstić information content (AvgIpc) is 3.18. The maximum atomic E-state index is 15.3. The van der Waals surface area contributed by atoms with Crippen LogP contribution in [0.25, 0.3) is 33.4 Å². The van der Waals surface area contributed by atoms with Crippen molar-refractivity contribution in [2.75, 3.05) is 7.11 Å². The number of hydrogen-bond acceptors (Lipinski definition) is 7. The van der Waals surface area contributed by atoms with Gasteiger partial charge in [0.05, 0.1) is 24.1 Å². The zero-order valence-electron chi connectivity index (χ0n) is 20.1. The number of nitrogens with zero attached hydrogens (tertiary/aromatic N) is 6. The van der Waals surface area contributed by atoms with Gasteiger partial charge in [0.25, 0.3) is 0 Å². The monoisotopic (exact) mass is 480 g/mol. The third kappa shape index (κ3) is 3.88. The third-order valence-electron chi connectivity index (χ3n) is 5.84. The molecule has 0 saturated heterocycles. The number of rotatable bonds is 5. The number of halogens is 1. The maximum Gasteiger partial charge on any atom is 0.322 e. The molecule has 5 rings (SSSR count). The topological polar surface area (TPSA) is 87.8 Å². The summed E-state index contributed by atoms with van der Waals surface area (Å²) in [5, 5.41) is 0.785. The Hall–Kier alpha value is -4.84. The van der Waals surface area contributed by atoms with Crippen molar-refractivity contribution in [2.45, 2.75) is 13.8 Å². The molecule has 0 spiro atoms. The zero-order chi connectivity index (χ0) is 25.4. The lowest BCUT2D eigenvalue weighted by atomic mass is 9.98. The first-order valence-electron chi connectivity index (χ1n) is 11.0. The van der Waals surface area contributed by atoms with E-state index in [0.29, 0.717) is 33.9 Å². The molecule has 0 unspecified atom stereocenters. The van der Waals surface area contributed by atoms with Crippen LogP contribution >= 0.6 is 0 Å². The average molecular weight is 481 g/mol. The van der Waals surface area contributed by atoms with Crippen LogP contribution in [0.2, 0.25) is 0 Å². The molecule has 0 N–H and O–H groups in total. The molecule has 0 radical (unpaired) electrons. The minimum atomic E-state index is -0.567. The second kappa shape index (κ2) is 9.07. The molecule has 9 heteroatoms. The van der Waals surface area contributed by atoms with Crippen LogP contribution in [0.15, 0.2) is 49.1 Å². The van der Waals surface area contributed by atoms with Gasteiger partial charge in [-0.3, -0.25) is 0 Å². The Bertz CT molecular complexity index is 1670. The van der Waals surface area contributed by atoms with Gasteiger partial charge in [0, 0.05) is 42.2 Å². The van der Waals surface area contributed by atoms with E-state index in [1.54, 1.807) is 50.7 Å². The van der Waals surface area contributed by atoms with Crippen LogP contribution in [0.1, 0.15) is 17.1 Å². The maximum absolute atomic E-state index is 15.3. The molecule has 1 aromatic carbocycles. The second-order valence-electron chi connectivity index (χ2n) is 8.08. The largest absolute Gasteiger partial charge is 0.496 e. The molecule has 0 saturated carbocycles. The number of ether oxygens (including phenoxy) is 2. The van der Waals surface area contributed by atoms with Gasteiger partial charge in [-0.2, -0.15) is 0 Å². The Labute approximate surface area is 206 Å². The van der Waals surface area contributed by atoms with E-state index < -0.39 is 5.82 Å². The van der Waals surface area contributed by atoms with E-state index in [-0.39, 0.29) is 11.8 Å². The molecule has 4 aromatic heterocycles. The highest BCUT2D eigenvalue weighted by Gasteiger charge is 2.25. The fourth-order valence-electron chi connectivity index (χ4n) is 4.17. The van der Waals surface area contributed by atoms with Crippen LogP contribution in [-0.4, -0.2) is 36.6 Å². The van der Waals surface area contributed by atoms with Crippen LogP contribution in [0, 0.1) is 32.0 Å². The summed E-state index contributed by atoms with van der Waals surface area (Å²) in [7, 11) is 3.44. The lowest BCUT2D eigenvalue weighted by Gasteiger charge is -2.13. The van der Waals surface area contributed by atoms with Gasteiger partial charge < -0.3 is 14.0 Å². The molecule has 5 aromatic rings. The number of methoxy groups -OCH3 is 1. The van der Waals surface area contributed by atoms with Crippen molar-refractivity contribution in [1.82, 2.24) is 29.5 Å². The van der Waals surface area contributed by atoms with Gasteiger partial charge >= 0.3 is 6.01 Å². The normalized spacial score (nSPS) is 10.9. The fourth-order valence-corrected chi connectivity index (χ4v) is 4.17. The Morgan fingerprint density at radius 2 is 1.86 bits per heavy atom. The summed E-state index contributed by atoms with van der Waals surface area (Å²) in [5.74, 6) is 2.50. The van der Waals surface area contributed by atoms with Crippen molar-refractivity contribution in [3.8, 4) is 52.2 Å². The van der Waals surface area contributed by atoms with Gasteiger partial charge in [0.2, 0.25) is 0 Å². The molecule has 178 valence electrons. The Balaban J connectivity index is 1.72. The highest BCUT2D eigenvalue weighted by Crippen LogP contribution is 2.44. The molecule has 0 aliphatic heterocycles. The zero-order valence-corrected chi connectivity index (χ0v) is 20.1. The number of benzene rings is 1. The third-order valence-corrected chi connectivity index (χ3v) is 5.84.